The maximum absolute atomic E-state index is 8.72. The summed E-state index contributed by atoms with van der Waals surface area (Å²) in [5, 5.41) is 8.72. The monoisotopic (exact) mass is 190 g/mol. The fraction of sp³-hybridized carbons (Fsp3) is 0.444. The van der Waals surface area contributed by atoms with Crippen molar-refractivity contribution in [2.45, 2.75) is 6.10 Å². The lowest BCUT2D eigenvalue weighted by atomic mass is 10.3. The molecule has 1 aromatic heterocycles. The summed E-state index contributed by atoms with van der Waals surface area (Å²) in [4.78, 5) is 10.2. The Morgan fingerprint density at radius 1 is 1.57 bits per heavy atom. The SMILES string of the molecule is N#CC1CN(c2cnccn2)CCO1. The van der Waals surface area contributed by atoms with Crippen LogP contribution in [0.4, 0.5) is 5.82 Å². The second-order valence-electron chi connectivity index (χ2n) is 3.00. The van der Waals surface area contributed by atoms with Crippen molar-refractivity contribution in [1.82, 2.24) is 9.97 Å². The van der Waals surface area contributed by atoms with Gasteiger partial charge in [0, 0.05) is 18.9 Å². The molecule has 1 saturated heterocycles. The third-order valence-corrected chi connectivity index (χ3v) is 2.08. The average Bonchev–Trinajstić information content (AvgIpc) is 2.30. The molecule has 0 amide bonds. The molecule has 1 aromatic rings. The molecule has 2 rings (SSSR count). The van der Waals surface area contributed by atoms with Gasteiger partial charge in [0.15, 0.2) is 6.10 Å². The Labute approximate surface area is 82.0 Å². The Balaban J connectivity index is 2.09. The molecular weight excluding hydrogens is 180 g/mol. The van der Waals surface area contributed by atoms with Gasteiger partial charge in [-0.3, -0.25) is 4.98 Å². The molecule has 0 radical (unpaired) electrons. The molecule has 1 aliphatic rings. The molecule has 1 aliphatic heterocycles. The first-order chi connectivity index (χ1) is 6.90. The van der Waals surface area contributed by atoms with Crippen LogP contribution in [-0.2, 0) is 4.74 Å². The Kier molecular flexibility index (Phi) is 2.56. The van der Waals surface area contributed by atoms with E-state index in [1.54, 1.807) is 18.6 Å². The second-order valence-corrected chi connectivity index (χ2v) is 3.00. The number of ether oxygens (including phenoxy) is 1. The summed E-state index contributed by atoms with van der Waals surface area (Å²) < 4.78 is 5.23. The first-order valence-electron chi connectivity index (χ1n) is 4.42. The number of hydrogen-bond acceptors (Lipinski definition) is 5. The number of rotatable bonds is 1. The van der Waals surface area contributed by atoms with Crippen LogP contribution in [0.15, 0.2) is 18.6 Å². The van der Waals surface area contributed by atoms with Crippen molar-refractivity contribution >= 4 is 5.82 Å². The van der Waals surface area contributed by atoms with E-state index in [2.05, 4.69) is 16.0 Å². The average molecular weight is 190 g/mol. The molecule has 1 atom stereocenters. The van der Waals surface area contributed by atoms with Gasteiger partial charge in [-0.1, -0.05) is 0 Å². The summed E-state index contributed by atoms with van der Waals surface area (Å²) in [5.41, 5.74) is 0. The Morgan fingerprint density at radius 2 is 2.50 bits per heavy atom. The molecule has 0 saturated carbocycles. The molecule has 0 spiro atoms. The van der Waals surface area contributed by atoms with Crippen molar-refractivity contribution in [2.75, 3.05) is 24.6 Å². The van der Waals surface area contributed by atoms with Gasteiger partial charge in [0.25, 0.3) is 0 Å². The van der Waals surface area contributed by atoms with Crippen molar-refractivity contribution in [3.63, 3.8) is 0 Å². The van der Waals surface area contributed by atoms with E-state index in [0.29, 0.717) is 13.2 Å². The Hall–Kier alpha value is -1.67. The standard InChI is InChI=1S/C9H10N4O/c10-5-8-7-13(3-4-14-8)9-6-11-1-2-12-9/h1-2,6,8H,3-4,7H2. The van der Waals surface area contributed by atoms with Crippen LogP contribution in [0.25, 0.3) is 0 Å². The quantitative estimate of drug-likeness (QED) is 0.633. The molecule has 1 unspecified atom stereocenters. The normalized spacial score (nSPS) is 21.6. The van der Waals surface area contributed by atoms with Crippen LogP contribution in [0.5, 0.6) is 0 Å². The van der Waals surface area contributed by atoms with Gasteiger partial charge in [0.05, 0.1) is 25.4 Å². The van der Waals surface area contributed by atoms with Gasteiger partial charge in [-0.2, -0.15) is 5.26 Å². The summed E-state index contributed by atoms with van der Waals surface area (Å²) in [6, 6.07) is 2.09. The molecule has 72 valence electrons. The fourth-order valence-electron chi connectivity index (χ4n) is 1.39. The maximum Gasteiger partial charge on any atom is 0.161 e. The van der Waals surface area contributed by atoms with Crippen molar-refractivity contribution < 1.29 is 4.74 Å². The zero-order chi connectivity index (χ0) is 9.80. The first-order valence-corrected chi connectivity index (χ1v) is 4.42. The van der Waals surface area contributed by atoms with E-state index in [9.17, 15) is 0 Å². The summed E-state index contributed by atoms with van der Waals surface area (Å²) in [5.74, 6) is 0.802. The molecular formula is C9H10N4O. The molecule has 0 aliphatic carbocycles. The molecule has 0 aromatic carbocycles. The third-order valence-electron chi connectivity index (χ3n) is 2.08. The Bertz CT molecular complexity index is 334. The summed E-state index contributed by atoms with van der Waals surface area (Å²) in [6.07, 6.45) is 4.61. The van der Waals surface area contributed by atoms with Crippen LogP contribution in [0.2, 0.25) is 0 Å². The van der Waals surface area contributed by atoms with Gasteiger partial charge >= 0.3 is 0 Å². The number of anilines is 1. The van der Waals surface area contributed by atoms with Gasteiger partial charge in [-0.25, -0.2) is 4.98 Å². The highest BCUT2D eigenvalue weighted by Crippen LogP contribution is 2.12. The van der Waals surface area contributed by atoms with Gasteiger partial charge in [0.1, 0.15) is 5.82 Å². The third kappa shape index (κ3) is 1.80. The van der Waals surface area contributed by atoms with Crippen LogP contribution in [0, 0.1) is 11.3 Å². The van der Waals surface area contributed by atoms with Crippen LogP contribution in [0.3, 0.4) is 0 Å². The molecule has 0 N–H and O–H groups in total. The summed E-state index contributed by atoms with van der Waals surface area (Å²) >= 11 is 0. The molecule has 1 fully saturated rings. The minimum absolute atomic E-state index is 0.356. The summed E-state index contributed by atoms with van der Waals surface area (Å²) in [7, 11) is 0. The molecule has 5 heteroatoms. The molecule has 5 nitrogen and oxygen atoms in total. The van der Waals surface area contributed by atoms with Crippen molar-refractivity contribution in [3.8, 4) is 6.07 Å². The van der Waals surface area contributed by atoms with E-state index in [4.69, 9.17) is 10.00 Å². The van der Waals surface area contributed by atoms with E-state index in [1.807, 2.05) is 4.90 Å². The van der Waals surface area contributed by atoms with E-state index >= 15 is 0 Å². The second kappa shape index (κ2) is 4.03. The number of nitrogens with zero attached hydrogens (tertiary/aromatic N) is 4. The predicted molar refractivity (Wildman–Crippen MR) is 49.6 cm³/mol. The van der Waals surface area contributed by atoms with E-state index < -0.39 is 0 Å². The highest BCUT2D eigenvalue weighted by molar-refractivity contribution is 5.36. The minimum atomic E-state index is -0.356. The number of aromatic nitrogens is 2. The fourth-order valence-corrected chi connectivity index (χ4v) is 1.39. The van der Waals surface area contributed by atoms with Gasteiger partial charge in [-0.15, -0.1) is 0 Å². The highest BCUT2D eigenvalue weighted by atomic mass is 16.5. The topological polar surface area (TPSA) is 62.0 Å². The zero-order valence-electron chi connectivity index (χ0n) is 7.63. The maximum atomic E-state index is 8.72. The largest absolute Gasteiger partial charge is 0.360 e. The predicted octanol–water partition coefficient (Wildman–Crippen LogP) is 0.205. The van der Waals surface area contributed by atoms with Crippen LogP contribution >= 0.6 is 0 Å². The molecule has 2 heterocycles. The Morgan fingerprint density at radius 3 is 3.21 bits per heavy atom. The van der Waals surface area contributed by atoms with Gasteiger partial charge in [0.2, 0.25) is 0 Å². The number of hydrogen-bond donors (Lipinski definition) is 0. The zero-order valence-corrected chi connectivity index (χ0v) is 7.63. The number of nitriles is 1. The summed E-state index contributed by atoms with van der Waals surface area (Å²) in [6.45, 7) is 1.89. The molecule has 14 heavy (non-hydrogen) atoms. The highest BCUT2D eigenvalue weighted by Gasteiger charge is 2.20. The first kappa shape index (κ1) is 8.91. The van der Waals surface area contributed by atoms with Crippen molar-refractivity contribution in [2.24, 2.45) is 0 Å². The van der Waals surface area contributed by atoms with E-state index in [0.717, 1.165) is 12.4 Å². The smallest absolute Gasteiger partial charge is 0.161 e. The lowest BCUT2D eigenvalue weighted by Gasteiger charge is -2.30. The lowest BCUT2D eigenvalue weighted by Crippen LogP contribution is -2.42. The minimum Gasteiger partial charge on any atom is -0.360 e. The van der Waals surface area contributed by atoms with E-state index in [-0.39, 0.29) is 6.10 Å². The van der Waals surface area contributed by atoms with Gasteiger partial charge < -0.3 is 9.64 Å². The van der Waals surface area contributed by atoms with Gasteiger partial charge in [-0.05, 0) is 0 Å². The van der Waals surface area contributed by atoms with E-state index in [1.165, 1.54) is 0 Å². The van der Waals surface area contributed by atoms with Crippen molar-refractivity contribution in [3.05, 3.63) is 18.6 Å². The lowest BCUT2D eigenvalue weighted by molar-refractivity contribution is 0.0761. The van der Waals surface area contributed by atoms with Crippen LogP contribution in [-0.4, -0.2) is 35.8 Å². The number of morpholine rings is 1. The van der Waals surface area contributed by atoms with Crippen LogP contribution in [0.1, 0.15) is 0 Å². The van der Waals surface area contributed by atoms with Crippen molar-refractivity contribution in [1.29, 1.82) is 5.26 Å². The van der Waals surface area contributed by atoms with Crippen LogP contribution < -0.4 is 4.90 Å². The molecule has 0 bridgehead atoms.